The van der Waals surface area contributed by atoms with E-state index in [1.807, 2.05) is 12.3 Å². The van der Waals surface area contributed by atoms with E-state index in [0.29, 0.717) is 0 Å². The first-order valence-electron chi connectivity index (χ1n) is 5.94. The van der Waals surface area contributed by atoms with Crippen molar-refractivity contribution in [3.63, 3.8) is 0 Å². The number of halogens is 2. The van der Waals surface area contributed by atoms with Crippen LogP contribution in [-0.2, 0) is 0 Å². The van der Waals surface area contributed by atoms with Gasteiger partial charge in [-0.15, -0.1) is 0 Å². The monoisotopic (exact) mass is 361 g/mol. The third-order valence-corrected chi connectivity index (χ3v) is 4.37. The number of rotatable bonds is 2. The Morgan fingerprint density at radius 3 is 2.94 bits per heavy atom. The zero-order chi connectivity index (χ0) is 12.4. The molecule has 1 saturated heterocycles. The third-order valence-electron chi connectivity index (χ3n) is 3.30. The molecule has 1 aromatic heterocycles. The Morgan fingerprint density at radius 1 is 1.53 bits per heavy atom. The van der Waals surface area contributed by atoms with Crippen LogP contribution in [0.25, 0.3) is 0 Å². The number of nitrogens with zero attached hydrogens (tertiary/aromatic N) is 2. The molecule has 0 radical (unpaired) electrons. The number of nitrogens with two attached hydrogens (primary N) is 1. The van der Waals surface area contributed by atoms with Crippen molar-refractivity contribution in [2.24, 2.45) is 5.73 Å². The van der Waals surface area contributed by atoms with Gasteiger partial charge in [0.2, 0.25) is 0 Å². The van der Waals surface area contributed by atoms with Crippen molar-refractivity contribution in [1.29, 1.82) is 0 Å². The maximum Gasteiger partial charge on any atom is 0.0733 e. The summed E-state index contributed by atoms with van der Waals surface area (Å²) < 4.78 is 2.02. The van der Waals surface area contributed by atoms with Gasteiger partial charge < -0.3 is 5.73 Å². The van der Waals surface area contributed by atoms with Crippen LogP contribution in [0.3, 0.4) is 0 Å². The van der Waals surface area contributed by atoms with Crippen LogP contribution in [0, 0.1) is 0 Å². The number of likely N-dealkylation sites (tertiary alicyclic amines) is 1. The number of likely N-dealkylation sites (N-methyl/N-ethyl adjacent to an activating group) is 1. The topological polar surface area (TPSA) is 42.1 Å². The second-order valence-corrected chi connectivity index (χ2v) is 6.17. The molecule has 1 aliphatic heterocycles. The maximum atomic E-state index is 6.27. The van der Waals surface area contributed by atoms with E-state index in [4.69, 9.17) is 5.73 Å². The molecule has 2 atom stereocenters. The van der Waals surface area contributed by atoms with Crippen molar-refractivity contribution in [1.82, 2.24) is 9.88 Å². The minimum atomic E-state index is 0.175. The van der Waals surface area contributed by atoms with Gasteiger partial charge in [0.15, 0.2) is 0 Å². The van der Waals surface area contributed by atoms with Crippen LogP contribution < -0.4 is 5.73 Å². The lowest BCUT2D eigenvalue weighted by Crippen LogP contribution is -2.46. The SMILES string of the molecule is CCN1CCCC(N)C1c1ncc(Br)cc1Br. The normalized spacial score (nSPS) is 26.1. The lowest BCUT2D eigenvalue weighted by Gasteiger charge is -2.39. The fourth-order valence-electron chi connectivity index (χ4n) is 2.47. The van der Waals surface area contributed by atoms with E-state index in [-0.39, 0.29) is 12.1 Å². The molecule has 0 bridgehead atoms. The minimum absolute atomic E-state index is 0.175. The summed E-state index contributed by atoms with van der Waals surface area (Å²) in [5.41, 5.74) is 7.33. The predicted octanol–water partition coefficient (Wildman–Crippen LogP) is 3.09. The molecule has 17 heavy (non-hydrogen) atoms. The largest absolute Gasteiger partial charge is 0.326 e. The van der Waals surface area contributed by atoms with Gasteiger partial charge in [-0.1, -0.05) is 6.92 Å². The summed E-state index contributed by atoms with van der Waals surface area (Å²) in [5.74, 6) is 0. The van der Waals surface area contributed by atoms with E-state index in [1.54, 1.807) is 0 Å². The molecule has 0 amide bonds. The molecule has 3 nitrogen and oxygen atoms in total. The Kier molecular flexibility index (Phi) is 4.58. The van der Waals surface area contributed by atoms with E-state index >= 15 is 0 Å². The summed E-state index contributed by atoms with van der Waals surface area (Å²) in [7, 11) is 0. The molecule has 0 aromatic carbocycles. The Morgan fingerprint density at radius 2 is 2.29 bits per heavy atom. The summed E-state index contributed by atoms with van der Waals surface area (Å²) >= 11 is 7.02. The van der Waals surface area contributed by atoms with E-state index in [1.165, 1.54) is 6.42 Å². The molecular formula is C12H17Br2N3. The second kappa shape index (κ2) is 5.78. The first-order valence-corrected chi connectivity index (χ1v) is 7.52. The lowest BCUT2D eigenvalue weighted by atomic mass is 9.94. The summed E-state index contributed by atoms with van der Waals surface area (Å²) in [4.78, 5) is 6.95. The van der Waals surface area contributed by atoms with Crippen molar-refractivity contribution in [3.8, 4) is 0 Å². The highest BCUT2D eigenvalue weighted by Gasteiger charge is 2.31. The molecule has 94 valence electrons. The van der Waals surface area contributed by atoms with Gasteiger partial charge in [0, 0.05) is 21.2 Å². The van der Waals surface area contributed by atoms with Gasteiger partial charge in [0.25, 0.3) is 0 Å². The zero-order valence-electron chi connectivity index (χ0n) is 9.87. The number of aromatic nitrogens is 1. The van der Waals surface area contributed by atoms with Gasteiger partial charge in [-0.3, -0.25) is 9.88 Å². The smallest absolute Gasteiger partial charge is 0.0733 e. The first kappa shape index (κ1) is 13.5. The van der Waals surface area contributed by atoms with Gasteiger partial charge >= 0.3 is 0 Å². The quantitative estimate of drug-likeness (QED) is 0.878. The summed E-state index contributed by atoms with van der Waals surface area (Å²) in [5, 5.41) is 0. The molecule has 0 aliphatic carbocycles. The van der Waals surface area contributed by atoms with Crippen LogP contribution in [0.1, 0.15) is 31.5 Å². The van der Waals surface area contributed by atoms with E-state index in [0.717, 1.165) is 34.1 Å². The number of piperidine rings is 1. The van der Waals surface area contributed by atoms with Gasteiger partial charge in [0.1, 0.15) is 0 Å². The Labute approximate surface area is 119 Å². The van der Waals surface area contributed by atoms with Crippen molar-refractivity contribution in [3.05, 3.63) is 26.9 Å². The third kappa shape index (κ3) is 2.89. The van der Waals surface area contributed by atoms with Crippen LogP contribution in [0.15, 0.2) is 21.2 Å². The Balaban J connectivity index is 2.34. The fraction of sp³-hybridized carbons (Fsp3) is 0.583. The number of pyridine rings is 1. The number of hydrogen-bond acceptors (Lipinski definition) is 3. The van der Waals surface area contributed by atoms with Crippen molar-refractivity contribution in [2.45, 2.75) is 31.8 Å². The highest BCUT2D eigenvalue weighted by molar-refractivity contribution is 9.11. The summed E-state index contributed by atoms with van der Waals surface area (Å²) in [6.07, 6.45) is 4.10. The Hall–Kier alpha value is 0.0300. The van der Waals surface area contributed by atoms with Crippen LogP contribution in [0.4, 0.5) is 0 Å². The van der Waals surface area contributed by atoms with Gasteiger partial charge in [-0.25, -0.2) is 0 Å². The predicted molar refractivity (Wildman–Crippen MR) is 76.8 cm³/mol. The van der Waals surface area contributed by atoms with Crippen LogP contribution >= 0.6 is 31.9 Å². The maximum absolute atomic E-state index is 6.27. The average Bonchev–Trinajstić information content (AvgIpc) is 2.30. The van der Waals surface area contributed by atoms with E-state index in [9.17, 15) is 0 Å². The molecule has 2 rings (SSSR count). The highest BCUT2D eigenvalue weighted by atomic mass is 79.9. The summed E-state index contributed by atoms with van der Waals surface area (Å²) in [6, 6.07) is 2.45. The van der Waals surface area contributed by atoms with Crippen molar-refractivity contribution >= 4 is 31.9 Å². The summed E-state index contributed by atoms with van der Waals surface area (Å²) in [6.45, 7) is 4.30. The van der Waals surface area contributed by atoms with E-state index in [2.05, 4.69) is 48.7 Å². The minimum Gasteiger partial charge on any atom is -0.326 e. The highest BCUT2D eigenvalue weighted by Crippen LogP contribution is 2.33. The second-order valence-electron chi connectivity index (χ2n) is 4.40. The van der Waals surface area contributed by atoms with Gasteiger partial charge in [-0.05, 0) is 63.9 Å². The number of hydrogen-bond donors (Lipinski definition) is 1. The van der Waals surface area contributed by atoms with Crippen LogP contribution in [-0.4, -0.2) is 29.0 Å². The molecule has 2 unspecified atom stereocenters. The molecular weight excluding hydrogens is 346 g/mol. The zero-order valence-corrected chi connectivity index (χ0v) is 13.0. The molecule has 5 heteroatoms. The average molecular weight is 363 g/mol. The van der Waals surface area contributed by atoms with Crippen molar-refractivity contribution in [2.75, 3.05) is 13.1 Å². The molecule has 1 fully saturated rings. The lowest BCUT2D eigenvalue weighted by molar-refractivity contribution is 0.132. The van der Waals surface area contributed by atoms with Gasteiger partial charge in [0.05, 0.1) is 11.7 Å². The fourth-order valence-corrected chi connectivity index (χ4v) is 3.69. The van der Waals surface area contributed by atoms with Gasteiger partial charge in [-0.2, -0.15) is 0 Å². The molecule has 1 aromatic rings. The standard InChI is InChI=1S/C12H17Br2N3/c1-2-17-5-3-4-10(15)12(17)11-9(14)6-8(13)7-16-11/h6-7,10,12H,2-5,15H2,1H3. The molecule has 2 heterocycles. The van der Waals surface area contributed by atoms with Crippen LogP contribution in [0.2, 0.25) is 0 Å². The Bertz CT molecular complexity index is 397. The molecule has 1 aliphatic rings. The molecule has 2 N–H and O–H groups in total. The molecule has 0 saturated carbocycles. The molecule has 0 spiro atoms. The first-order chi connectivity index (χ1) is 8.13. The van der Waals surface area contributed by atoms with E-state index < -0.39 is 0 Å². The van der Waals surface area contributed by atoms with Crippen molar-refractivity contribution < 1.29 is 0 Å². The van der Waals surface area contributed by atoms with Crippen LogP contribution in [0.5, 0.6) is 0 Å².